The fourth-order valence-electron chi connectivity index (χ4n) is 4.29. The number of carbonyl (C=O) groups is 1. The molecule has 154 valence electrons. The first-order chi connectivity index (χ1) is 14.4. The van der Waals surface area contributed by atoms with E-state index in [1.807, 2.05) is 36.4 Å². The highest BCUT2D eigenvalue weighted by Gasteiger charge is 2.35. The van der Waals surface area contributed by atoms with E-state index in [-0.39, 0.29) is 5.91 Å². The summed E-state index contributed by atoms with van der Waals surface area (Å²) in [5.41, 5.74) is 4.00. The second-order valence-corrected chi connectivity index (χ2v) is 8.17. The van der Waals surface area contributed by atoms with Gasteiger partial charge in [-0.25, -0.2) is 0 Å². The molecular weight excluding hydrogens is 372 g/mol. The van der Waals surface area contributed by atoms with Gasteiger partial charge in [-0.3, -0.25) is 4.79 Å². The molecule has 4 aromatic rings. The fraction of sp³-hybridized carbons (Fsp3) is 0.269. The summed E-state index contributed by atoms with van der Waals surface area (Å²) in [5, 5.41) is 5.50. The van der Waals surface area contributed by atoms with Gasteiger partial charge in [0.1, 0.15) is 0 Å². The van der Waals surface area contributed by atoms with Crippen molar-refractivity contribution in [2.75, 3.05) is 12.4 Å². The van der Waals surface area contributed by atoms with Crippen molar-refractivity contribution >= 4 is 33.4 Å². The predicted molar refractivity (Wildman–Crippen MR) is 124 cm³/mol. The van der Waals surface area contributed by atoms with Crippen molar-refractivity contribution in [2.45, 2.75) is 39.3 Å². The number of ether oxygens (including phenoxy) is 1. The van der Waals surface area contributed by atoms with E-state index in [1.54, 1.807) is 14.0 Å². The third kappa shape index (κ3) is 3.08. The third-order valence-corrected chi connectivity index (χ3v) is 6.07. The number of nitrogens with zero attached hydrogens (tertiary/aromatic N) is 1. The maximum atomic E-state index is 13.3. The molecule has 3 aromatic carbocycles. The van der Waals surface area contributed by atoms with Crippen LogP contribution in [-0.2, 0) is 15.1 Å². The molecule has 4 rings (SSSR count). The minimum absolute atomic E-state index is 0.189. The van der Waals surface area contributed by atoms with Crippen molar-refractivity contribution < 1.29 is 9.53 Å². The van der Waals surface area contributed by atoms with Gasteiger partial charge in [-0.1, -0.05) is 48.5 Å². The summed E-state index contributed by atoms with van der Waals surface area (Å²) >= 11 is 0. The minimum atomic E-state index is -1.07. The molecular formula is C26H28N2O2. The number of carbonyl (C=O) groups excluding carboxylic acids is 1. The third-order valence-electron chi connectivity index (χ3n) is 6.07. The molecule has 0 radical (unpaired) electrons. The Labute approximate surface area is 177 Å². The molecule has 0 aliphatic rings. The lowest BCUT2D eigenvalue weighted by molar-refractivity contribution is -0.136. The summed E-state index contributed by atoms with van der Waals surface area (Å²) in [5.74, 6) is -0.189. The molecule has 4 nitrogen and oxygen atoms in total. The van der Waals surface area contributed by atoms with E-state index < -0.39 is 5.60 Å². The Hall–Kier alpha value is -3.11. The SMILES string of the molecule is COC(C)(C(=O)Nc1ccc2c(c1C)c1ccccc1n2C(C)C)c1ccccc1. The topological polar surface area (TPSA) is 43.3 Å². The number of amides is 1. The van der Waals surface area contributed by atoms with Gasteiger partial charge in [0.15, 0.2) is 5.60 Å². The van der Waals surface area contributed by atoms with Gasteiger partial charge in [0.25, 0.3) is 5.91 Å². The van der Waals surface area contributed by atoms with Crippen molar-refractivity contribution in [1.82, 2.24) is 4.57 Å². The fourth-order valence-corrected chi connectivity index (χ4v) is 4.29. The van der Waals surface area contributed by atoms with E-state index in [9.17, 15) is 4.79 Å². The second kappa shape index (κ2) is 7.62. The number of nitrogens with one attached hydrogen (secondary N) is 1. The normalized spacial score (nSPS) is 13.7. The standard InChI is InChI=1S/C26H28N2O2/c1-17(2)28-22-14-10-9-13-20(22)24-18(3)21(15-16-23(24)28)27-25(29)26(4,30-5)19-11-7-6-8-12-19/h6-17H,1-5H3,(H,27,29). The average molecular weight is 401 g/mol. The Morgan fingerprint density at radius 3 is 2.30 bits per heavy atom. The average Bonchev–Trinajstić information content (AvgIpc) is 3.10. The van der Waals surface area contributed by atoms with Gasteiger partial charge in [0.2, 0.25) is 0 Å². The highest BCUT2D eigenvalue weighted by molar-refractivity contribution is 6.12. The van der Waals surface area contributed by atoms with Gasteiger partial charge in [0.05, 0.1) is 0 Å². The van der Waals surface area contributed by atoms with Gasteiger partial charge < -0.3 is 14.6 Å². The van der Waals surface area contributed by atoms with Crippen LogP contribution in [0.15, 0.2) is 66.7 Å². The lowest BCUT2D eigenvalue weighted by atomic mass is 9.94. The van der Waals surface area contributed by atoms with Crippen molar-refractivity contribution in [3.63, 3.8) is 0 Å². The zero-order chi connectivity index (χ0) is 21.5. The molecule has 0 spiro atoms. The first-order valence-electron chi connectivity index (χ1n) is 10.3. The van der Waals surface area contributed by atoms with Crippen LogP contribution in [0.5, 0.6) is 0 Å². The van der Waals surface area contributed by atoms with Gasteiger partial charge in [0, 0.05) is 40.6 Å². The van der Waals surface area contributed by atoms with Crippen LogP contribution in [0.4, 0.5) is 5.69 Å². The molecule has 0 saturated heterocycles. The number of anilines is 1. The molecule has 0 aliphatic carbocycles. The van der Waals surface area contributed by atoms with E-state index >= 15 is 0 Å². The molecule has 1 heterocycles. The Bertz CT molecular complexity index is 1220. The smallest absolute Gasteiger partial charge is 0.260 e. The number of methoxy groups -OCH3 is 1. The van der Waals surface area contributed by atoms with Gasteiger partial charge in [-0.15, -0.1) is 0 Å². The molecule has 1 aromatic heterocycles. The molecule has 1 amide bonds. The second-order valence-electron chi connectivity index (χ2n) is 8.17. The molecule has 0 aliphatic heterocycles. The molecule has 30 heavy (non-hydrogen) atoms. The first-order valence-corrected chi connectivity index (χ1v) is 10.3. The lowest BCUT2D eigenvalue weighted by Crippen LogP contribution is -2.39. The Morgan fingerprint density at radius 1 is 0.967 bits per heavy atom. The lowest BCUT2D eigenvalue weighted by Gasteiger charge is -2.27. The summed E-state index contributed by atoms with van der Waals surface area (Å²) in [7, 11) is 1.57. The maximum Gasteiger partial charge on any atom is 0.260 e. The van der Waals surface area contributed by atoms with E-state index in [1.165, 1.54) is 21.8 Å². The summed E-state index contributed by atoms with van der Waals surface area (Å²) in [4.78, 5) is 13.3. The molecule has 0 saturated carbocycles. The molecule has 1 atom stereocenters. The van der Waals surface area contributed by atoms with Crippen molar-refractivity contribution in [2.24, 2.45) is 0 Å². The van der Waals surface area contributed by atoms with Crippen LogP contribution in [0.3, 0.4) is 0 Å². The van der Waals surface area contributed by atoms with Crippen LogP contribution >= 0.6 is 0 Å². The number of fused-ring (bicyclic) bond motifs is 3. The van der Waals surface area contributed by atoms with Gasteiger partial charge >= 0.3 is 0 Å². The molecule has 4 heteroatoms. The molecule has 1 N–H and O–H groups in total. The van der Waals surface area contributed by atoms with Crippen molar-refractivity contribution in [3.8, 4) is 0 Å². The molecule has 0 fully saturated rings. The van der Waals surface area contributed by atoms with Crippen LogP contribution in [0.25, 0.3) is 21.8 Å². The number of rotatable bonds is 5. The zero-order valence-corrected chi connectivity index (χ0v) is 18.2. The largest absolute Gasteiger partial charge is 0.364 e. The number of hydrogen-bond acceptors (Lipinski definition) is 2. The Balaban J connectivity index is 1.82. The monoisotopic (exact) mass is 400 g/mol. The van der Waals surface area contributed by atoms with Crippen molar-refractivity contribution in [1.29, 1.82) is 0 Å². The highest BCUT2D eigenvalue weighted by Crippen LogP contribution is 2.37. The van der Waals surface area contributed by atoms with Crippen LogP contribution < -0.4 is 5.32 Å². The van der Waals surface area contributed by atoms with Crippen LogP contribution in [-0.4, -0.2) is 17.6 Å². The number of benzene rings is 3. The van der Waals surface area contributed by atoms with Crippen LogP contribution in [0.1, 0.15) is 37.9 Å². The maximum absolute atomic E-state index is 13.3. The summed E-state index contributed by atoms with van der Waals surface area (Å²) in [6.45, 7) is 8.26. The Morgan fingerprint density at radius 2 is 1.63 bits per heavy atom. The number of hydrogen-bond donors (Lipinski definition) is 1. The highest BCUT2D eigenvalue weighted by atomic mass is 16.5. The summed E-state index contributed by atoms with van der Waals surface area (Å²) in [6, 6.07) is 22.5. The van der Waals surface area contributed by atoms with E-state index in [4.69, 9.17) is 4.74 Å². The van der Waals surface area contributed by atoms with Gasteiger partial charge in [-0.05, 0) is 57.0 Å². The van der Waals surface area contributed by atoms with E-state index in [0.29, 0.717) is 6.04 Å². The predicted octanol–water partition coefficient (Wildman–Crippen LogP) is 6.18. The summed E-state index contributed by atoms with van der Waals surface area (Å²) < 4.78 is 8.03. The van der Waals surface area contributed by atoms with Crippen molar-refractivity contribution in [3.05, 3.63) is 77.9 Å². The number of para-hydroxylation sites is 1. The zero-order valence-electron chi connectivity index (χ0n) is 18.2. The quantitative estimate of drug-likeness (QED) is 0.434. The summed E-state index contributed by atoms with van der Waals surface area (Å²) in [6.07, 6.45) is 0. The van der Waals surface area contributed by atoms with E-state index in [0.717, 1.165) is 16.8 Å². The minimum Gasteiger partial charge on any atom is -0.364 e. The molecule has 0 bridgehead atoms. The molecule has 1 unspecified atom stereocenters. The van der Waals surface area contributed by atoms with Gasteiger partial charge in [-0.2, -0.15) is 0 Å². The van der Waals surface area contributed by atoms with Crippen LogP contribution in [0, 0.1) is 6.92 Å². The number of aryl methyl sites for hydroxylation is 1. The Kier molecular flexibility index (Phi) is 5.12. The number of aromatic nitrogens is 1. The van der Waals surface area contributed by atoms with Crippen LogP contribution in [0.2, 0.25) is 0 Å². The van der Waals surface area contributed by atoms with E-state index in [2.05, 4.69) is 61.0 Å². The first kappa shape index (κ1) is 20.2.